The Morgan fingerprint density at radius 2 is 0.661 bits per heavy atom. The van der Waals surface area contributed by atoms with Crippen LogP contribution >= 0.6 is 0 Å². The Morgan fingerprint density at radius 3 is 1.09 bits per heavy atom. The molecule has 10 rings (SSSR count). The molecule has 56 heavy (non-hydrogen) atoms. The maximum absolute atomic E-state index is 9.37. The lowest BCUT2D eigenvalue weighted by Gasteiger charge is -2.20. The van der Waals surface area contributed by atoms with Crippen molar-refractivity contribution in [2.75, 3.05) is 0 Å². The summed E-state index contributed by atoms with van der Waals surface area (Å²) >= 11 is 0. The van der Waals surface area contributed by atoms with Gasteiger partial charge >= 0.3 is 0 Å². The standard InChI is InChI=1S/C54H28N2/c55-33-37-19-15-35(16-20-37)23-25-41-31-51(47-13-5-9-39-7-1-3-11-43(39)47)49-29-27-46-42(26-24-36-17-21-38(34-56)22-18-36)32-52(50-30-28-45(41)53(49)54(46)50)48-14-6-10-40-8-2-4-12-44(40)48/h1-22,27-32H. The van der Waals surface area contributed by atoms with E-state index < -0.39 is 0 Å². The van der Waals surface area contributed by atoms with E-state index in [1.165, 1.54) is 21.5 Å². The molecule has 0 radical (unpaired) electrons. The van der Waals surface area contributed by atoms with Gasteiger partial charge in [0.15, 0.2) is 0 Å². The first kappa shape index (κ1) is 32.5. The summed E-state index contributed by atoms with van der Waals surface area (Å²) < 4.78 is 0. The molecule has 0 fully saturated rings. The molecular weight excluding hydrogens is 677 g/mol. The highest BCUT2D eigenvalue weighted by Gasteiger charge is 2.20. The Kier molecular flexibility index (Phi) is 7.76. The van der Waals surface area contributed by atoms with Crippen molar-refractivity contribution < 1.29 is 0 Å². The van der Waals surface area contributed by atoms with E-state index >= 15 is 0 Å². The molecule has 0 saturated carbocycles. The smallest absolute Gasteiger partial charge is 0.0991 e. The third kappa shape index (κ3) is 5.47. The first-order valence-corrected chi connectivity index (χ1v) is 18.5. The average Bonchev–Trinajstić information content (AvgIpc) is 3.27. The van der Waals surface area contributed by atoms with Crippen LogP contribution in [-0.4, -0.2) is 0 Å². The first-order valence-electron chi connectivity index (χ1n) is 18.5. The molecule has 0 bridgehead atoms. The first-order chi connectivity index (χ1) is 27.7. The normalized spacial score (nSPS) is 10.9. The summed E-state index contributed by atoms with van der Waals surface area (Å²) in [5, 5.41) is 30.2. The number of benzene rings is 10. The molecule has 0 aliphatic heterocycles. The van der Waals surface area contributed by atoms with E-state index in [0.717, 1.165) is 76.8 Å². The number of nitrogens with zero attached hydrogens (tertiary/aromatic N) is 2. The summed E-state index contributed by atoms with van der Waals surface area (Å²) in [6, 6.07) is 62.8. The van der Waals surface area contributed by atoms with Crippen molar-refractivity contribution in [2.45, 2.75) is 0 Å². The second kappa shape index (κ2) is 13.4. The largest absolute Gasteiger partial charge is 0.192 e. The van der Waals surface area contributed by atoms with Crippen LogP contribution in [0.2, 0.25) is 0 Å². The van der Waals surface area contributed by atoms with Crippen molar-refractivity contribution in [3.8, 4) is 58.1 Å². The highest BCUT2D eigenvalue weighted by molar-refractivity contribution is 6.30. The van der Waals surface area contributed by atoms with Crippen LogP contribution in [0, 0.1) is 46.3 Å². The maximum Gasteiger partial charge on any atom is 0.0991 e. The topological polar surface area (TPSA) is 47.6 Å². The van der Waals surface area contributed by atoms with Gasteiger partial charge in [0.2, 0.25) is 0 Å². The van der Waals surface area contributed by atoms with Gasteiger partial charge in [-0.1, -0.05) is 133 Å². The lowest BCUT2D eigenvalue weighted by atomic mass is 9.83. The minimum absolute atomic E-state index is 0.608. The maximum atomic E-state index is 9.37. The summed E-state index contributed by atoms with van der Waals surface area (Å²) in [5.41, 5.74) is 9.31. The third-order valence-electron chi connectivity index (χ3n) is 10.8. The zero-order valence-electron chi connectivity index (χ0n) is 30.1. The quantitative estimate of drug-likeness (QED) is 0.133. The van der Waals surface area contributed by atoms with E-state index in [1.807, 2.05) is 48.5 Å². The van der Waals surface area contributed by atoms with Crippen LogP contribution in [0.3, 0.4) is 0 Å². The Morgan fingerprint density at radius 1 is 0.286 bits per heavy atom. The second-order valence-electron chi connectivity index (χ2n) is 13.9. The van der Waals surface area contributed by atoms with E-state index in [4.69, 9.17) is 0 Å². The van der Waals surface area contributed by atoms with Gasteiger partial charge in [-0.25, -0.2) is 0 Å². The molecule has 0 spiro atoms. The molecule has 0 atom stereocenters. The van der Waals surface area contributed by atoms with Crippen LogP contribution in [0.4, 0.5) is 0 Å². The average molecular weight is 705 g/mol. The summed E-state index contributed by atoms with van der Waals surface area (Å²) in [7, 11) is 0. The Balaban J connectivity index is 1.33. The van der Waals surface area contributed by atoms with E-state index in [0.29, 0.717) is 11.1 Å². The van der Waals surface area contributed by atoms with E-state index in [9.17, 15) is 10.5 Å². The van der Waals surface area contributed by atoms with Gasteiger partial charge in [0, 0.05) is 22.3 Å². The van der Waals surface area contributed by atoms with Crippen molar-refractivity contribution in [1.29, 1.82) is 10.5 Å². The zero-order chi connectivity index (χ0) is 37.6. The van der Waals surface area contributed by atoms with Gasteiger partial charge in [0.05, 0.1) is 23.3 Å². The molecule has 0 aliphatic rings. The molecule has 0 aromatic heterocycles. The van der Waals surface area contributed by atoms with Crippen LogP contribution < -0.4 is 0 Å². The summed E-state index contributed by atoms with van der Waals surface area (Å²) in [6.07, 6.45) is 0. The molecule has 2 nitrogen and oxygen atoms in total. The zero-order valence-corrected chi connectivity index (χ0v) is 30.1. The Labute approximate surface area is 324 Å². The van der Waals surface area contributed by atoms with Gasteiger partial charge in [-0.3, -0.25) is 0 Å². The predicted octanol–water partition coefficient (Wildman–Crippen LogP) is 12.8. The monoisotopic (exact) mass is 704 g/mol. The van der Waals surface area contributed by atoms with E-state index in [-0.39, 0.29) is 0 Å². The van der Waals surface area contributed by atoms with Crippen molar-refractivity contribution in [3.63, 3.8) is 0 Å². The minimum Gasteiger partial charge on any atom is -0.192 e. The van der Waals surface area contributed by atoms with Crippen molar-refractivity contribution in [3.05, 3.63) is 203 Å². The lowest BCUT2D eigenvalue weighted by Crippen LogP contribution is -1.95. The molecular formula is C54H28N2. The summed E-state index contributed by atoms with van der Waals surface area (Å²) in [4.78, 5) is 0. The number of hydrogen-bond donors (Lipinski definition) is 0. The molecule has 254 valence electrons. The third-order valence-corrected chi connectivity index (χ3v) is 10.8. The van der Waals surface area contributed by atoms with Crippen LogP contribution in [0.15, 0.2) is 170 Å². The predicted molar refractivity (Wildman–Crippen MR) is 230 cm³/mol. The molecule has 0 unspecified atom stereocenters. The fourth-order valence-electron chi connectivity index (χ4n) is 8.10. The van der Waals surface area contributed by atoms with Crippen LogP contribution in [0.5, 0.6) is 0 Å². The Hall–Kier alpha value is -8.14. The van der Waals surface area contributed by atoms with Crippen molar-refractivity contribution in [1.82, 2.24) is 0 Å². The molecule has 2 heteroatoms. The number of rotatable bonds is 2. The number of hydrogen-bond acceptors (Lipinski definition) is 2. The SMILES string of the molecule is N#Cc1ccc(C#Cc2cc(-c3cccc4ccccc34)c3ccc4c(C#Cc5ccc(C#N)cc5)cc(-c5cccc6ccccc56)c5ccc2c3c45)cc1. The summed E-state index contributed by atoms with van der Waals surface area (Å²) in [6.45, 7) is 0. The van der Waals surface area contributed by atoms with E-state index in [1.54, 1.807) is 0 Å². The molecule has 0 saturated heterocycles. The van der Waals surface area contributed by atoms with Gasteiger partial charge < -0.3 is 0 Å². The van der Waals surface area contributed by atoms with Crippen LogP contribution in [0.25, 0.3) is 76.1 Å². The molecule has 10 aromatic carbocycles. The van der Waals surface area contributed by atoms with Gasteiger partial charge in [-0.05, 0) is 137 Å². The van der Waals surface area contributed by atoms with Crippen LogP contribution in [0.1, 0.15) is 33.4 Å². The number of fused-ring (bicyclic) bond motifs is 2. The molecule has 0 amide bonds. The van der Waals surface area contributed by atoms with Gasteiger partial charge in [0.1, 0.15) is 0 Å². The lowest BCUT2D eigenvalue weighted by molar-refractivity contribution is 1.48. The fraction of sp³-hybridized carbons (Fsp3) is 0. The van der Waals surface area contributed by atoms with Crippen molar-refractivity contribution in [2.24, 2.45) is 0 Å². The summed E-state index contributed by atoms with van der Waals surface area (Å²) in [5.74, 6) is 14.0. The van der Waals surface area contributed by atoms with Crippen molar-refractivity contribution >= 4 is 53.9 Å². The minimum atomic E-state index is 0.608. The van der Waals surface area contributed by atoms with Gasteiger partial charge in [-0.15, -0.1) is 0 Å². The molecule has 0 N–H and O–H groups in total. The fourth-order valence-corrected chi connectivity index (χ4v) is 8.10. The van der Waals surface area contributed by atoms with Gasteiger partial charge in [0.25, 0.3) is 0 Å². The van der Waals surface area contributed by atoms with E-state index in [2.05, 4.69) is 157 Å². The van der Waals surface area contributed by atoms with Gasteiger partial charge in [-0.2, -0.15) is 10.5 Å². The highest BCUT2D eigenvalue weighted by atomic mass is 14.2. The Bertz CT molecular complexity index is 3180. The molecule has 0 heterocycles. The molecule has 0 aliphatic carbocycles. The number of nitriles is 2. The van der Waals surface area contributed by atoms with Crippen LogP contribution in [-0.2, 0) is 0 Å². The highest BCUT2D eigenvalue weighted by Crippen LogP contribution is 2.46. The molecule has 10 aromatic rings. The second-order valence-corrected chi connectivity index (χ2v) is 13.9.